The summed E-state index contributed by atoms with van der Waals surface area (Å²) < 4.78 is 10.6. The van der Waals surface area contributed by atoms with E-state index < -0.39 is 0 Å². The quantitative estimate of drug-likeness (QED) is 0.886. The van der Waals surface area contributed by atoms with Gasteiger partial charge in [0.2, 0.25) is 5.91 Å². The van der Waals surface area contributed by atoms with Crippen LogP contribution in [0.5, 0.6) is 5.75 Å². The number of nitrogens with zero attached hydrogens (tertiary/aromatic N) is 1. The topological polar surface area (TPSA) is 64.8 Å². The summed E-state index contributed by atoms with van der Waals surface area (Å²) in [5.74, 6) is 1.06. The largest absolute Gasteiger partial charge is 0.493 e. The molecule has 108 valence electrons. The van der Waals surface area contributed by atoms with Crippen molar-refractivity contribution >= 4 is 5.91 Å². The highest BCUT2D eigenvalue weighted by Crippen LogP contribution is 2.35. The number of amides is 1. The van der Waals surface area contributed by atoms with E-state index in [4.69, 9.17) is 15.2 Å². The molecule has 5 heteroatoms. The molecule has 2 heterocycles. The molecule has 0 bridgehead atoms. The van der Waals surface area contributed by atoms with Gasteiger partial charge in [0.05, 0.1) is 19.3 Å². The Kier molecular flexibility index (Phi) is 3.63. The van der Waals surface area contributed by atoms with Crippen molar-refractivity contribution in [1.29, 1.82) is 0 Å². The highest BCUT2D eigenvalue weighted by Gasteiger charge is 2.38. The summed E-state index contributed by atoms with van der Waals surface area (Å²) in [5, 5.41) is 0. The number of benzene rings is 1. The SMILES string of the molecule is COCCN1C(=O)CC(N)C1c1ccc2c(c1)CCO2. The van der Waals surface area contributed by atoms with Gasteiger partial charge in [-0.2, -0.15) is 0 Å². The Hall–Kier alpha value is -1.59. The molecule has 2 aliphatic rings. The highest BCUT2D eigenvalue weighted by molar-refractivity contribution is 5.80. The lowest BCUT2D eigenvalue weighted by Gasteiger charge is -2.27. The first kappa shape index (κ1) is 13.4. The second-order valence-corrected chi connectivity index (χ2v) is 5.36. The first-order valence-corrected chi connectivity index (χ1v) is 7.00. The van der Waals surface area contributed by atoms with Gasteiger partial charge in [0.1, 0.15) is 5.75 Å². The van der Waals surface area contributed by atoms with E-state index in [9.17, 15) is 4.79 Å². The zero-order chi connectivity index (χ0) is 14.1. The van der Waals surface area contributed by atoms with E-state index in [0.717, 1.165) is 24.3 Å². The predicted molar refractivity (Wildman–Crippen MR) is 74.6 cm³/mol. The number of rotatable bonds is 4. The van der Waals surface area contributed by atoms with Crippen LogP contribution in [0.15, 0.2) is 18.2 Å². The molecule has 1 saturated heterocycles. The smallest absolute Gasteiger partial charge is 0.224 e. The third-order valence-electron chi connectivity index (χ3n) is 4.06. The summed E-state index contributed by atoms with van der Waals surface area (Å²) in [5.41, 5.74) is 8.48. The molecule has 1 aromatic rings. The molecule has 0 spiro atoms. The normalized spacial score (nSPS) is 24.9. The summed E-state index contributed by atoms with van der Waals surface area (Å²) in [4.78, 5) is 13.9. The third-order valence-corrected chi connectivity index (χ3v) is 4.06. The molecule has 2 N–H and O–H groups in total. The van der Waals surface area contributed by atoms with E-state index in [1.165, 1.54) is 5.56 Å². The Labute approximate surface area is 118 Å². The molecular weight excluding hydrogens is 256 g/mol. The van der Waals surface area contributed by atoms with Crippen molar-refractivity contribution in [3.05, 3.63) is 29.3 Å². The summed E-state index contributed by atoms with van der Waals surface area (Å²) >= 11 is 0. The second kappa shape index (κ2) is 5.42. The van der Waals surface area contributed by atoms with Gasteiger partial charge in [-0.15, -0.1) is 0 Å². The lowest BCUT2D eigenvalue weighted by atomic mass is 9.98. The van der Waals surface area contributed by atoms with Crippen LogP contribution in [-0.4, -0.2) is 43.7 Å². The Bertz CT molecular complexity index is 518. The first-order chi connectivity index (χ1) is 9.70. The van der Waals surface area contributed by atoms with Crippen molar-refractivity contribution in [3.63, 3.8) is 0 Å². The van der Waals surface area contributed by atoms with E-state index in [-0.39, 0.29) is 18.0 Å². The van der Waals surface area contributed by atoms with Crippen LogP contribution < -0.4 is 10.5 Å². The van der Waals surface area contributed by atoms with Gasteiger partial charge in [0, 0.05) is 32.5 Å². The van der Waals surface area contributed by atoms with Gasteiger partial charge in [-0.3, -0.25) is 4.79 Å². The van der Waals surface area contributed by atoms with Crippen molar-refractivity contribution in [2.24, 2.45) is 5.73 Å². The number of carbonyl (C=O) groups excluding carboxylic acids is 1. The average Bonchev–Trinajstić information content (AvgIpc) is 2.99. The third kappa shape index (κ3) is 2.27. The maximum absolute atomic E-state index is 12.1. The van der Waals surface area contributed by atoms with Crippen LogP contribution in [0.3, 0.4) is 0 Å². The molecule has 2 aliphatic heterocycles. The van der Waals surface area contributed by atoms with Gasteiger partial charge in [-0.05, 0) is 23.3 Å². The molecule has 0 aromatic heterocycles. The Morgan fingerprint density at radius 2 is 2.35 bits per heavy atom. The van der Waals surface area contributed by atoms with Crippen LogP contribution in [0.4, 0.5) is 0 Å². The highest BCUT2D eigenvalue weighted by atomic mass is 16.5. The minimum Gasteiger partial charge on any atom is -0.493 e. The number of methoxy groups -OCH3 is 1. The van der Waals surface area contributed by atoms with Crippen molar-refractivity contribution in [1.82, 2.24) is 4.90 Å². The van der Waals surface area contributed by atoms with Crippen LogP contribution in [0.2, 0.25) is 0 Å². The van der Waals surface area contributed by atoms with Gasteiger partial charge in [-0.1, -0.05) is 6.07 Å². The number of ether oxygens (including phenoxy) is 2. The number of fused-ring (bicyclic) bond motifs is 1. The Morgan fingerprint density at radius 3 is 3.15 bits per heavy atom. The van der Waals surface area contributed by atoms with Crippen molar-refractivity contribution in [3.8, 4) is 5.75 Å². The molecule has 1 fully saturated rings. The zero-order valence-electron chi connectivity index (χ0n) is 11.7. The van der Waals surface area contributed by atoms with E-state index in [1.54, 1.807) is 7.11 Å². The minimum atomic E-state index is -0.153. The monoisotopic (exact) mass is 276 g/mol. The molecule has 2 atom stereocenters. The molecule has 20 heavy (non-hydrogen) atoms. The number of likely N-dealkylation sites (tertiary alicyclic amines) is 1. The summed E-state index contributed by atoms with van der Waals surface area (Å²) in [6.45, 7) is 1.85. The molecule has 0 saturated carbocycles. The van der Waals surface area contributed by atoms with Gasteiger partial charge in [0.15, 0.2) is 0 Å². The van der Waals surface area contributed by atoms with E-state index in [1.807, 2.05) is 17.0 Å². The molecule has 0 radical (unpaired) electrons. The van der Waals surface area contributed by atoms with Gasteiger partial charge < -0.3 is 20.1 Å². The van der Waals surface area contributed by atoms with E-state index in [0.29, 0.717) is 19.6 Å². The number of hydrogen-bond donors (Lipinski definition) is 1. The molecule has 0 aliphatic carbocycles. The molecular formula is C15H20N2O3. The predicted octanol–water partition coefficient (Wildman–Crippen LogP) is 0.869. The Balaban J connectivity index is 1.87. The van der Waals surface area contributed by atoms with Crippen molar-refractivity contribution < 1.29 is 14.3 Å². The Morgan fingerprint density at radius 1 is 1.50 bits per heavy atom. The molecule has 3 rings (SSSR count). The summed E-state index contributed by atoms with van der Waals surface area (Å²) in [7, 11) is 1.64. The fourth-order valence-electron chi connectivity index (χ4n) is 3.09. The van der Waals surface area contributed by atoms with Crippen LogP contribution in [0.1, 0.15) is 23.6 Å². The fourth-order valence-corrected chi connectivity index (χ4v) is 3.09. The van der Waals surface area contributed by atoms with Crippen LogP contribution in [0, 0.1) is 0 Å². The van der Waals surface area contributed by atoms with Gasteiger partial charge in [0.25, 0.3) is 0 Å². The van der Waals surface area contributed by atoms with Gasteiger partial charge in [-0.25, -0.2) is 0 Å². The standard InChI is InChI=1S/C15H20N2O3/c1-19-7-5-17-14(18)9-12(16)15(17)11-2-3-13-10(8-11)4-6-20-13/h2-3,8,12,15H,4-7,9,16H2,1H3. The summed E-state index contributed by atoms with van der Waals surface area (Å²) in [6.07, 6.45) is 1.33. The lowest BCUT2D eigenvalue weighted by molar-refractivity contribution is -0.129. The maximum atomic E-state index is 12.1. The van der Waals surface area contributed by atoms with Crippen LogP contribution in [0.25, 0.3) is 0 Å². The van der Waals surface area contributed by atoms with Crippen molar-refractivity contribution in [2.75, 3.05) is 26.9 Å². The lowest BCUT2D eigenvalue weighted by Crippen LogP contribution is -2.35. The minimum absolute atomic E-state index is 0.0523. The van der Waals surface area contributed by atoms with Crippen molar-refractivity contribution in [2.45, 2.75) is 24.9 Å². The second-order valence-electron chi connectivity index (χ2n) is 5.36. The zero-order valence-corrected chi connectivity index (χ0v) is 11.7. The molecule has 1 amide bonds. The van der Waals surface area contributed by atoms with Crippen LogP contribution in [-0.2, 0) is 16.0 Å². The van der Waals surface area contributed by atoms with E-state index >= 15 is 0 Å². The molecule has 2 unspecified atom stereocenters. The average molecular weight is 276 g/mol. The first-order valence-electron chi connectivity index (χ1n) is 7.00. The molecule has 1 aromatic carbocycles. The summed E-state index contributed by atoms with van der Waals surface area (Å²) in [6, 6.07) is 5.93. The number of nitrogens with two attached hydrogens (primary N) is 1. The fraction of sp³-hybridized carbons (Fsp3) is 0.533. The van der Waals surface area contributed by atoms with Gasteiger partial charge >= 0.3 is 0 Å². The maximum Gasteiger partial charge on any atom is 0.224 e. The number of hydrogen-bond acceptors (Lipinski definition) is 4. The van der Waals surface area contributed by atoms with E-state index in [2.05, 4.69) is 6.07 Å². The molecule has 5 nitrogen and oxygen atoms in total. The van der Waals surface area contributed by atoms with Crippen LogP contribution >= 0.6 is 0 Å². The number of carbonyl (C=O) groups is 1.